The lowest BCUT2D eigenvalue weighted by Gasteiger charge is -2.41. The maximum atomic E-state index is 12.1. The number of cyclic esters (lactones) is 2. The van der Waals surface area contributed by atoms with Crippen LogP contribution in [-0.4, -0.2) is 36.4 Å². The molecule has 1 N–H and O–H groups in total. The van der Waals surface area contributed by atoms with Gasteiger partial charge in [-0.15, -0.1) is 0 Å². The number of hydrogen-bond donors (Lipinski definition) is 1. The lowest BCUT2D eigenvalue weighted by Crippen LogP contribution is -2.48. The first-order valence-electron chi connectivity index (χ1n) is 13.5. The molecule has 0 aliphatic carbocycles. The van der Waals surface area contributed by atoms with E-state index in [-0.39, 0.29) is 40.7 Å². The molecule has 5 nitrogen and oxygen atoms in total. The van der Waals surface area contributed by atoms with E-state index >= 15 is 0 Å². The van der Waals surface area contributed by atoms with Gasteiger partial charge in [0, 0.05) is 10.8 Å². The zero-order chi connectivity index (χ0) is 25.6. The fraction of sp³-hybridized carbons (Fsp3) is 0.548. The maximum absolute atomic E-state index is 12.1. The van der Waals surface area contributed by atoms with Gasteiger partial charge in [0.15, 0.2) is 0 Å². The Hall–Kier alpha value is -2.66. The number of hydrogen-bond acceptors (Lipinski definition) is 5. The van der Waals surface area contributed by atoms with Crippen molar-refractivity contribution in [1.29, 1.82) is 0 Å². The molecule has 2 saturated heterocycles. The molecule has 4 atom stereocenters. The van der Waals surface area contributed by atoms with Gasteiger partial charge in [-0.2, -0.15) is 0 Å². The van der Waals surface area contributed by atoms with Crippen LogP contribution in [-0.2, 0) is 29.9 Å². The molecule has 2 heterocycles. The van der Waals surface area contributed by atoms with Gasteiger partial charge in [0.1, 0.15) is 25.0 Å². The minimum Gasteiger partial charge on any atom is -0.464 e. The van der Waals surface area contributed by atoms with E-state index in [1.165, 1.54) is 11.1 Å². The Kier molecular flexibility index (Phi) is 8.50. The number of ether oxygens (including phenoxy) is 2. The summed E-state index contributed by atoms with van der Waals surface area (Å²) in [7, 11) is 0. The molecule has 0 radical (unpaired) electrons. The van der Waals surface area contributed by atoms with Crippen LogP contribution in [0.3, 0.4) is 0 Å². The average Bonchev–Trinajstić information content (AvgIpc) is 2.88. The number of aliphatic hydroxyl groups is 1. The average molecular weight is 493 g/mol. The third kappa shape index (κ3) is 5.67. The molecular weight excluding hydrogens is 452 g/mol. The van der Waals surface area contributed by atoms with Crippen LogP contribution < -0.4 is 0 Å². The number of carbonyl (C=O) groups excluding carboxylic acids is 2. The molecule has 0 amide bonds. The molecule has 4 unspecified atom stereocenters. The second-order valence-electron chi connectivity index (χ2n) is 11.1. The van der Waals surface area contributed by atoms with E-state index in [2.05, 4.69) is 38.1 Å². The minimum atomic E-state index is -0.321. The van der Waals surface area contributed by atoms with Crippen molar-refractivity contribution < 1.29 is 24.2 Å². The molecule has 0 aromatic heterocycles. The van der Waals surface area contributed by atoms with E-state index < -0.39 is 0 Å². The molecule has 0 bridgehead atoms. The van der Waals surface area contributed by atoms with E-state index in [4.69, 9.17) is 9.47 Å². The predicted molar refractivity (Wildman–Crippen MR) is 139 cm³/mol. The predicted octanol–water partition coefficient (Wildman–Crippen LogP) is 5.73. The molecule has 2 aromatic rings. The van der Waals surface area contributed by atoms with E-state index in [1.54, 1.807) is 0 Å². The first-order chi connectivity index (χ1) is 17.3. The second-order valence-corrected chi connectivity index (χ2v) is 11.1. The van der Waals surface area contributed by atoms with E-state index in [0.717, 1.165) is 51.4 Å². The van der Waals surface area contributed by atoms with Gasteiger partial charge in [-0.1, -0.05) is 100 Å². The molecule has 2 aliphatic heterocycles. The number of carbonyl (C=O) groups is 2. The van der Waals surface area contributed by atoms with Crippen LogP contribution in [0.15, 0.2) is 60.7 Å². The SMILES string of the molecule is CC(CCCCC(O)CCCCC(C)(c1ccccc1)C1COC1=O)(c1ccccc1)C1COC1=O. The van der Waals surface area contributed by atoms with Crippen molar-refractivity contribution in [2.45, 2.75) is 82.1 Å². The molecule has 2 fully saturated rings. The Morgan fingerprint density at radius 2 is 1.11 bits per heavy atom. The van der Waals surface area contributed by atoms with Crippen LogP contribution in [0.25, 0.3) is 0 Å². The first-order valence-corrected chi connectivity index (χ1v) is 13.5. The van der Waals surface area contributed by atoms with E-state index in [0.29, 0.717) is 13.2 Å². The quantitative estimate of drug-likeness (QED) is 0.269. The van der Waals surface area contributed by atoms with Crippen molar-refractivity contribution in [3.8, 4) is 0 Å². The molecule has 0 saturated carbocycles. The number of benzene rings is 2. The monoisotopic (exact) mass is 492 g/mol. The van der Waals surface area contributed by atoms with Crippen molar-refractivity contribution in [3.05, 3.63) is 71.8 Å². The summed E-state index contributed by atoms with van der Waals surface area (Å²) in [5.41, 5.74) is 1.91. The topological polar surface area (TPSA) is 72.8 Å². The molecule has 2 aliphatic rings. The summed E-state index contributed by atoms with van der Waals surface area (Å²) in [5.74, 6) is -0.369. The maximum Gasteiger partial charge on any atom is 0.313 e. The first kappa shape index (κ1) is 26.4. The van der Waals surface area contributed by atoms with Crippen molar-refractivity contribution in [3.63, 3.8) is 0 Å². The van der Waals surface area contributed by atoms with Gasteiger partial charge in [-0.25, -0.2) is 0 Å². The largest absolute Gasteiger partial charge is 0.464 e. The number of unbranched alkanes of at least 4 members (excludes halogenated alkanes) is 2. The van der Waals surface area contributed by atoms with Crippen LogP contribution in [0.2, 0.25) is 0 Å². The van der Waals surface area contributed by atoms with Crippen molar-refractivity contribution >= 4 is 11.9 Å². The van der Waals surface area contributed by atoms with E-state index in [1.807, 2.05) is 36.4 Å². The Morgan fingerprint density at radius 1 is 0.722 bits per heavy atom. The lowest BCUT2D eigenvalue weighted by atomic mass is 9.67. The summed E-state index contributed by atoms with van der Waals surface area (Å²) in [6, 6.07) is 20.5. The highest BCUT2D eigenvalue weighted by atomic mass is 16.6. The van der Waals surface area contributed by atoms with Crippen LogP contribution in [0.5, 0.6) is 0 Å². The van der Waals surface area contributed by atoms with Gasteiger partial charge in [0.05, 0.1) is 6.10 Å². The molecule has 5 heteroatoms. The molecular formula is C31H40O5. The molecule has 4 rings (SSSR count). The van der Waals surface area contributed by atoms with Gasteiger partial charge in [-0.05, 0) is 36.8 Å². The van der Waals surface area contributed by atoms with Gasteiger partial charge < -0.3 is 14.6 Å². The summed E-state index contributed by atoms with van der Waals surface area (Å²) in [6.45, 7) is 5.33. The summed E-state index contributed by atoms with van der Waals surface area (Å²) >= 11 is 0. The molecule has 2 aromatic carbocycles. The molecule has 0 spiro atoms. The van der Waals surface area contributed by atoms with Crippen molar-refractivity contribution in [1.82, 2.24) is 0 Å². The Balaban J connectivity index is 1.21. The highest BCUT2D eigenvalue weighted by Gasteiger charge is 2.48. The summed E-state index contributed by atoms with van der Waals surface area (Å²) in [6.07, 6.45) is 6.80. The Labute approximate surface area is 215 Å². The fourth-order valence-corrected chi connectivity index (χ4v) is 5.92. The zero-order valence-electron chi connectivity index (χ0n) is 21.7. The van der Waals surface area contributed by atoms with Crippen molar-refractivity contribution in [2.75, 3.05) is 13.2 Å². The smallest absolute Gasteiger partial charge is 0.313 e. The third-order valence-electron chi connectivity index (χ3n) is 8.73. The number of esters is 2. The fourth-order valence-electron chi connectivity index (χ4n) is 5.92. The van der Waals surface area contributed by atoms with Crippen LogP contribution in [0.4, 0.5) is 0 Å². The summed E-state index contributed by atoms with van der Waals surface area (Å²) in [5, 5.41) is 10.6. The van der Waals surface area contributed by atoms with Gasteiger partial charge in [-0.3, -0.25) is 9.59 Å². The van der Waals surface area contributed by atoms with Crippen LogP contribution in [0, 0.1) is 11.8 Å². The normalized spacial score (nSPS) is 23.3. The highest BCUT2D eigenvalue weighted by molar-refractivity contribution is 5.80. The summed E-state index contributed by atoms with van der Waals surface area (Å²) < 4.78 is 10.2. The number of rotatable bonds is 14. The van der Waals surface area contributed by atoms with Gasteiger partial charge in [0.25, 0.3) is 0 Å². The summed E-state index contributed by atoms with van der Waals surface area (Å²) in [4.78, 5) is 24.2. The van der Waals surface area contributed by atoms with Gasteiger partial charge in [0.2, 0.25) is 0 Å². The van der Waals surface area contributed by atoms with Crippen LogP contribution in [0.1, 0.15) is 76.3 Å². The second kappa shape index (κ2) is 11.6. The lowest BCUT2D eigenvalue weighted by molar-refractivity contribution is -0.175. The third-order valence-corrected chi connectivity index (χ3v) is 8.73. The van der Waals surface area contributed by atoms with Crippen LogP contribution >= 0.6 is 0 Å². The Bertz CT molecular complexity index is 925. The standard InChI is InChI=1S/C31H40O5/c1-30(26-21-35-28(26)33,23-13-5-3-6-14-23)19-11-9-17-25(32)18-10-12-20-31(2,27-22-36-29(27)34)24-15-7-4-8-16-24/h3-8,13-16,25-27,32H,9-12,17-22H2,1-2H3. The molecule has 194 valence electrons. The van der Waals surface area contributed by atoms with Gasteiger partial charge >= 0.3 is 11.9 Å². The zero-order valence-corrected chi connectivity index (χ0v) is 21.7. The highest BCUT2D eigenvalue weighted by Crippen LogP contribution is 2.43. The number of aliphatic hydroxyl groups excluding tert-OH is 1. The Morgan fingerprint density at radius 3 is 1.42 bits per heavy atom. The van der Waals surface area contributed by atoms with Crippen molar-refractivity contribution in [2.24, 2.45) is 11.8 Å². The molecule has 36 heavy (non-hydrogen) atoms. The minimum absolute atomic E-state index is 0.0864. The van der Waals surface area contributed by atoms with E-state index in [9.17, 15) is 14.7 Å².